The van der Waals surface area contributed by atoms with Crippen molar-refractivity contribution in [2.24, 2.45) is 0 Å². The Morgan fingerprint density at radius 1 is 1.35 bits per heavy atom. The Balaban J connectivity index is 2.42. The molecular formula is C11H13NO5. The van der Waals surface area contributed by atoms with E-state index in [4.69, 9.17) is 14.6 Å². The van der Waals surface area contributed by atoms with Crippen LogP contribution in [0.15, 0.2) is 24.3 Å². The number of aliphatic carboxylic acids is 1. The van der Waals surface area contributed by atoms with Gasteiger partial charge in [0.2, 0.25) is 0 Å². The number of carboxylic acid groups (broad SMARTS) is 1. The summed E-state index contributed by atoms with van der Waals surface area (Å²) < 4.78 is 9.88. The molecule has 0 bridgehead atoms. The Morgan fingerprint density at radius 3 is 2.71 bits per heavy atom. The van der Waals surface area contributed by atoms with Crippen LogP contribution < -0.4 is 14.8 Å². The number of hydrogen-bond acceptors (Lipinski definition) is 4. The average Bonchev–Trinajstić information content (AvgIpc) is 2.28. The highest BCUT2D eigenvalue weighted by atomic mass is 16.6. The fraction of sp³-hybridized carbons (Fsp3) is 0.273. The van der Waals surface area contributed by atoms with Crippen LogP contribution in [0.4, 0.5) is 4.79 Å². The molecule has 1 rings (SSSR count). The molecule has 0 radical (unpaired) electrons. The van der Waals surface area contributed by atoms with Gasteiger partial charge in [0.25, 0.3) is 0 Å². The van der Waals surface area contributed by atoms with Crippen molar-refractivity contribution in [1.82, 2.24) is 5.32 Å². The van der Waals surface area contributed by atoms with Crippen LogP contribution in [-0.4, -0.2) is 30.8 Å². The molecule has 0 heterocycles. The highest BCUT2D eigenvalue weighted by molar-refractivity contribution is 5.72. The maximum atomic E-state index is 11.2. The predicted molar refractivity (Wildman–Crippen MR) is 59.3 cm³/mol. The summed E-state index contributed by atoms with van der Waals surface area (Å²) in [5, 5.41) is 10.7. The van der Waals surface area contributed by atoms with E-state index in [1.807, 2.05) is 0 Å². The zero-order chi connectivity index (χ0) is 12.7. The molecule has 1 aromatic carbocycles. The molecular weight excluding hydrogens is 226 g/mol. The number of ether oxygens (including phenoxy) is 2. The fourth-order valence-electron chi connectivity index (χ4n) is 1.08. The van der Waals surface area contributed by atoms with Crippen LogP contribution in [0, 0.1) is 0 Å². The lowest BCUT2D eigenvalue weighted by Gasteiger charge is -2.06. The van der Waals surface area contributed by atoms with Crippen LogP contribution in [0.1, 0.15) is 6.42 Å². The Labute approximate surface area is 98.2 Å². The van der Waals surface area contributed by atoms with Gasteiger partial charge >= 0.3 is 12.1 Å². The topological polar surface area (TPSA) is 84.9 Å². The molecule has 0 spiro atoms. The molecule has 0 saturated carbocycles. The normalized spacial score (nSPS) is 9.47. The fourth-order valence-corrected chi connectivity index (χ4v) is 1.08. The lowest BCUT2D eigenvalue weighted by atomic mass is 10.3. The van der Waals surface area contributed by atoms with E-state index in [1.54, 1.807) is 24.3 Å². The average molecular weight is 239 g/mol. The molecule has 0 aliphatic heterocycles. The van der Waals surface area contributed by atoms with Gasteiger partial charge in [0.1, 0.15) is 11.5 Å². The summed E-state index contributed by atoms with van der Waals surface area (Å²) in [7, 11) is 1.51. The van der Waals surface area contributed by atoms with Gasteiger partial charge in [0.05, 0.1) is 13.5 Å². The van der Waals surface area contributed by atoms with Gasteiger partial charge in [-0.3, -0.25) is 4.79 Å². The maximum Gasteiger partial charge on any atom is 0.412 e. The molecule has 0 aromatic heterocycles. The second-order valence-electron chi connectivity index (χ2n) is 3.14. The zero-order valence-electron chi connectivity index (χ0n) is 9.30. The van der Waals surface area contributed by atoms with Gasteiger partial charge in [-0.1, -0.05) is 6.07 Å². The van der Waals surface area contributed by atoms with Crippen LogP contribution >= 0.6 is 0 Å². The molecule has 0 unspecified atom stereocenters. The number of carbonyl (C=O) groups is 2. The first-order valence-corrected chi connectivity index (χ1v) is 4.93. The van der Waals surface area contributed by atoms with E-state index < -0.39 is 12.1 Å². The van der Waals surface area contributed by atoms with Gasteiger partial charge < -0.3 is 19.9 Å². The standard InChI is InChI=1S/C11H13NO5/c1-16-8-3-2-4-9(7-8)17-11(15)12-6-5-10(13)14/h2-4,7H,5-6H2,1H3,(H,12,15)(H,13,14). The number of carbonyl (C=O) groups excluding carboxylic acids is 1. The van der Waals surface area contributed by atoms with Gasteiger partial charge in [-0.15, -0.1) is 0 Å². The van der Waals surface area contributed by atoms with Gasteiger partial charge in [0.15, 0.2) is 0 Å². The third-order valence-corrected chi connectivity index (χ3v) is 1.86. The highest BCUT2D eigenvalue weighted by Gasteiger charge is 2.05. The molecule has 6 heteroatoms. The van der Waals surface area contributed by atoms with E-state index in [-0.39, 0.29) is 13.0 Å². The summed E-state index contributed by atoms with van der Waals surface area (Å²) in [5.41, 5.74) is 0. The lowest BCUT2D eigenvalue weighted by Crippen LogP contribution is -2.28. The molecule has 0 fully saturated rings. The second-order valence-corrected chi connectivity index (χ2v) is 3.14. The van der Waals surface area contributed by atoms with E-state index in [0.29, 0.717) is 11.5 Å². The number of amides is 1. The monoisotopic (exact) mass is 239 g/mol. The summed E-state index contributed by atoms with van der Waals surface area (Å²) in [4.78, 5) is 21.4. The minimum atomic E-state index is -0.980. The molecule has 0 aliphatic carbocycles. The third kappa shape index (κ3) is 4.87. The van der Waals surface area contributed by atoms with Gasteiger partial charge in [-0.2, -0.15) is 0 Å². The molecule has 0 saturated heterocycles. The Hall–Kier alpha value is -2.24. The van der Waals surface area contributed by atoms with Crippen LogP contribution in [-0.2, 0) is 4.79 Å². The summed E-state index contributed by atoms with van der Waals surface area (Å²) in [6.07, 6.45) is -0.841. The number of rotatable bonds is 5. The van der Waals surface area contributed by atoms with Crippen LogP contribution in [0.5, 0.6) is 11.5 Å². The molecule has 17 heavy (non-hydrogen) atoms. The zero-order valence-corrected chi connectivity index (χ0v) is 9.30. The maximum absolute atomic E-state index is 11.2. The number of nitrogens with one attached hydrogen (secondary N) is 1. The molecule has 1 aromatic rings. The number of hydrogen-bond donors (Lipinski definition) is 2. The van der Waals surface area contributed by atoms with E-state index in [9.17, 15) is 9.59 Å². The van der Waals surface area contributed by atoms with Crippen molar-refractivity contribution in [2.45, 2.75) is 6.42 Å². The molecule has 6 nitrogen and oxygen atoms in total. The molecule has 92 valence electrons. The highest BCUT2D eigenvalue weighted by Crippen LogP contribution is 2.18. The second kappa shape index (κ2) is 6.37. The van der Waals surface area contributed by atoms with Crippen LogP contribution in [0.25, 0.3) is 0 Å². The first-order chi connectivity index (χ1) is 8.11. The van der Waals surface area contributed by atoms with Crippen molar-refractivity contribution in [3.8, 4) is 11.5 Å². The third-order valence-electron chi connectivity index (χ3n) is 1.86. The largest absolute Gasteiger partial charge is 0.497 e. The SMILES string of the molecule is COc1cccc(OC(=O)NCCC(=O)O)c1. The minimum absolute atomic E-state index is 0.0259. The Morgan fingerprint density at radius 2 is 2.06 bits per heavy atom. The van der Waals surface area contributed by atoms with Crippen molar-refractivity contribution < 1.29 is 24.2 Å². The van der Waals surface area contributed by atoms with Gasteiger partial charge in [-0.25, -0.2) is 4.79 Å². The van der Waals surface area contributed by atoms with Crippen molar-refractivity contribution in [3.05, 3.63) is 24.3 Å². The van der Waals surface area contributed by atoms with Gasteiger partial charge in [0, 0.05) is 12.6 Å². The first kappa shape index (κ1) is 12.8. The van der Waals surface area contributed by atoms with E-state index >= 15 is 0 Å². The van der Waals surface area contributed by atoms with E-state index in [2.05, 4.69) is 5.32 Å². The smallest absolute Gasteiger partial charge is 0.412 e. The summed E-state index contributed by atoms with van der Waals surface area (Å²) >= 11 is 0. The quantitative estimate of drug-likeness (QED) is 0.807. The van der Waals surface area contributed by atoms with Gasteiger partial charge in [-0.05, 0) is 12.1 Å². The molecule has 0 atom stereocenters. The van der Waals surface area contributed by atoms with E-state index in [0.717, 1.165) is 0 Å². The Bertz CT molecular complexity index is 405. The molecule has 0 aliphatic rings. The first-order valence-electron chi connectivity index (χ1n) is 4.93. The minimum Gasteiger partial charge on any atom is -0.497 e. The van der Waals surface area contributed by atoms with Crippen molar-refractivity contribution in [3.63, 3.8) is 0 Å². The number of carboxylic acids is 1. The predicted octanol–water partition coefficient (Wildman–Crippen LogP) is 1.26. The summed E-state index contributed by atoms with van der Waals surface area (Å²) in [6, 6.07) is 6.55. The van der Waals surface area contributed by atoms with Crippen LogP contribution in [0.2, 0.25) is 0 Å². The van der Waals surface area contributed by atoms with Crippen molar-refractivity contribution in [1.29, 1.82) is 0 Å². The van der Waals surface area contributed by atoms with Crippen LogP contribution in [0.3, 0.4) is 0 Å². The Kier molecular flexibility index (Phi) is 4.80. The number of benzene rings is 1. The number of methoxy groups -OCH3 is 1. The molecule has 2 N–H and O–H groups in total. The van der Waals surface area contributed by atoms with Crippen molar-refractivity contribution >= 4 is 12.1 Å². The summed E-state index contributed by atoms with van der Waals surface area (Å²) in [6.45, 7) is 0.0259. The summed E-state index contributed by atoms with van der Waals surface area (Å²) in [5.74, 6) is -0.0790. The van der Waals surface area contributed by atoms with Crippen molar-refractivity contribution in [2.75, 3.05) is 13.7 Å². The molecule has 1 amide bonds. The van der Waals surface area contributed by atoms with E-state index in [1.165, 1.54) is 7.11 Å². The lowest BCUT2D eigenvalue weighted by molar-refractivity contribution is -0.136.